The minimum atomic E-state index is -0.394. The largest absolute Gasteiger partial charge is 0.300 e. The predicted molar refractivity (Wildman–Crippen MR) is 313 cm³/mol. The van der Waals surface area contributed by atoms with Crippen LogP contribution in [-0.2, 0) is 10.8 Å². The first-order valence-electron chi connectivity index (χ1n) is 27.5. The van der Waals surface area contributed by atoms with Crippen molar-refractivity contribution in [1.29, 1.82) is 0 Å². The lowest BCUT2D eigenvalue weighted by molar-refractivity contribution is 0.335. The van der Waals surface area contributed by atoms with E-state index in [9.17, 15) is 0 Å². The zero-order valence-corrected chi connectivity index (χ0v) is 38.5. The molecular weight excluding hydrogens is 911 g/mol. The third-order valence-electron chi connectivity index (χ3n) is 26.6. The molecule has 0 bridgehead atoms. The number of benzene rings is 19. The van der Waals surface area contributed by atoms with E-state index < -0.39 is 5.41 Å². The molecule has 2 unspecified atom stereocenters. The number of hydrogen-bond donors (Lipinski definition) is 1. The van der Waals surface area contributed by atoms with Gasteiger partial charge in [0.05, 0.1) is 16.9 Å². The third-order valence-corrected chi connectivity index (χ3v) is 27.5. The summed E-state index contributed by atoms with van der Waals surface area (Å²) in [4.78, 5) is 1.51. The van der Waals surface area contributed by atoms with Crippen LogP contribution in [-0.4, -0.2) is 0 Å². The van der Waals surface area contributed by atoms with E-state index in [0.717, 1.165) is 0 Å². The maximum atomic E-state index is 4.90. The van der Waals surface area contributed by atoms with Crippen LogP contribution in [0, 0.1) is 0 Å². The molecule has 30 aromatic rings. The van der Waals surface area contributed by atoms with Gasteiger partial charge in [0.2, 0.25) is 0 Å². The fourth-order valence-corrected chi connectivity index (χ4v) is 27.4. The Labute approximate surface area is 408 Å². The quantitative estimate of drug-likeness (QED) is 0.170. The van der Waals surface area contributed by atoms with E-state index in [1.807, 2.05) is 11.3 Å². The first-order chi connectivity index (χ1) is 36.9. The number of hydrogen-bond acceptors (Lipinski definition) is 2. The van der Waals surface area contributed by atoms with Crippen LogP contribution in [0.15, 0.2) is 47.8 Å². The molecule has 2 heterocycles. The normalized spacial score (nSPS) is 24.0. The van der Waals surface area contributed by atoms with Crippen molar-refractivity contribution in [3.63, 3.8) is 0 Å². The van der Waals surface area contributed by atoms with Gasteiger partial charge in [0.25, 0.3) is 0 Å². The van der Waals surface area contributed by atoms with Gasteiger partial charge in [0, 0.05) is 10.9 Å². The van der Waals surface area contributed by atoms with E-state index in [0.29, 0.717) is 0 Å². The van der Waals surface area contributed by atoms with E-state index in [1.54, 1.807) is 313 Å². The molecule has 1 saturated heterocycles. The summed E-state index contributed by atoms with van der Waals surface area (Å²) in [6.07, 6.45) is 0. The Balaban J connectivity index is 1.15. The van der Waals surface area contributed by atoms with Crippen molar-refractivity contribution in [1.82, 2.24) is 5.32 Å². The molecule has 2 atom stereocenters. The van der Waals surface area contributed by atoms with E-state index in [1.165, 1.54) is 10.4 Å². The molecule has 1 aliphatic heterocycles. The van der Waals surface area contributed by atoms with Crippen LogP contribution < -0.4 is 5.32 Å². The summed E-state index contributed by atoms with van der Waals surface area (Å²) in [6.45, 7) is 0. The summed E-state index contributed by atoms with van der Waals surface area (Å²) >= 11 is 2.03. The summed E-state index contributed by atoms with van der Waals surface area (Å²) in [7, 11) is 0. The third kappa shape index (κ3) is 1.51. The molecule has 2 spiro atoms. The van der Waals surface area contributed by atoms with Crippen LogP contribution in [0.25, 0.3) is 291 Å². The number of rotatable bonds is 2. The van der Waals surface area contributed by atoms with Crippen LogP contribution in [0.3, 0.4) is 0 Å². The monoisotopic (exact) mass is 921 g/mol. The second-order valence-corrected chi connectivity index (χ2v) is 27.8. The van der Waals surface area contributed by atoms with E-state index in [4.69, 9.17) is 5.32 Å². The molecule has 5 aliphatic rings. The Morgan fingerprint density at radius 3 is 0.662 bits per heavy atom. The summed E-state index contributed by atoms with van der Waals surface area (Å²) < 4.78 is 0. The first kappa shape index (κ1) is 28.0. The number of thiophene rings is 1. The van der Waals surface area contributed by atoms with Crippen LogP contribution in [0.4, 0.5) is 0 Å². The van der Waals surface area contributed by atoms with Crippen molar-refractivity contribution in [2.24, 2.45) is 0 Å². The molecule has 0 radical (unpaired) electrons. The minimum Gasteiger partial charge on any atom is -0.300 e. The van der Waals surface area contributed by atoms with Crippen molar-refractivity contribution >= 4 is 302 Å². The molecule has 35 rings (SSSR count). The Kier molecular flexibility index (Phi) is 2.46. The average Bonchev–Trinajstić information content (AvgIpc) is 4.33. The van der Waals surface area contributed by atoms with Crippen molar-refractivity contribution in [2.45, 2.75) is 22.9 Å². The highest BCUT2D eigenvalue weighted by molar-refractivity contribution is 7.10. The highest BCUT2D eigenvalue weighted by atomic mass is 32.1. The van der Waals surface area contributed by atoms with Crippen molar-refractivity contribution < 1.29 is 0 Å². The Hall–Kier alpha value is -8.66. The summed E-state index contributed by atoms with van der Waals surface area (Å²) in [5.74, 6) is 0. The molecule has 0 amide bonds. The molecule has 310 valence electrons. The summed E-state index contributed by atoms with van der Waals surface area (Å²) in [6, 6.07) is 17.2. The second-order valence-electron chi connectivity index (χ2n) is 26.8. The zero-order valence-electron chi connectivity index (χ0n) is 37.7. The molecule has 29 aromatic carbocycles. The smallest absolute Gasteiger partial charge is 0.0587 e. The van der Waals surface area contributed by atoms with Crippen molar-refractivity contribution in [3.05, 3.63) is 80.5 Å². The van der Waals surface area contributed by atoms with E-state index in [2.05, 4.69) is 47.8 Å². The molecule has 0 saturated carbocycles. The van der Waals surface area contributed by atoms with Gasteiger partial charge in [-0.15, -0.1) is 11.3 Å². The van der Waals surface area contributed by atoms with Gasteiger partial charge in [0.15, 0.2) is 0 Å². The highest BCUT2D eigenvalue weighted by Gasteiger charge is 2.77. The Morgan fingerprint density at radius 2 is 0.446 bits per heavy atom. The lowest BCUT2D eigenvalue weighted by Gasteiger charge is -2.53. The van der Waals surface area contributed by atoms with E-state index >= 15 is 0 Å². The summed E-state index contributed by atoms with van der Waals surface area (Å²) in [5.41, 5.74) is 7.66. The minimum absolute atomic E-state index is 0.0616. The lowest BCUT2D eigenvalue weighted by atomic mass is 9.46. The molecule has 1 nitrogen and oxygen atoms in total. The molecule has 1 aromatic heterocycles. The van der Waals surface area contributed by atoms with Crippen molar-refractivity contribution in [3.8, 4) is 0 Å². The Morgan fingerprint density at radius 1 is 0.230 bits per heavy atom. The average molecular weight is 922 g/mol. The zero-order chi connectivity index (χ0) is 43.9. The Bertz CT molecular complexity index is 7480. The molecular formula is C72H11NS. The molecule has 1 N–H and O–H groups in total. The van der Waals surface area contributed by atoms with Crippen LogP contribution in [0.1, 0.15) is 44.8 Å². The SMILES string of the molecule is c1ccc(C2NC(c3cccs3)C34c5c6c7c8c9c%10c(c%11c%12c3c3c5c5c%13c6c6c7c7c9c9c%14c%10c%10c%11c%11c%12c%12c3c3c5c5c%13c%13c6c6c7c9c7c9c%14c%10c%10c%11c%11c%12c3c3c5c5c%13c6c7c6c9c%10c%11c3c56)C824)cc1. The van der Waals surface area contributed by atoms with Gasteiger partial charge in [-0.1, -0.05) is 36.4 Å². The fraction of sp³-hybridized carbons (Fsp3) is 0.0556. The molecule has 2 heteroatoms. The van der Waals surface area contributed by atoms with Crippen LogP contribution in [0.2, 0.25) is 0 Å². The van der Waals surface area contributed by atoms with Gasteiger partial charge >= 0.3 is 0 Å². The maximum absolute atomic E-state index is 4.90. The number of nitrogens with one attached hydrogen (secondary N) is 1. The van der Waals surface area contributed by atoms with Crippen LogP contribution >= 0.6 is 11.3 Å². The molecule has 74 heavy (non-hydrogen) atoms. The van der Waals surface area contributed by atoms with Gasteiger partial charge in [-0.3, -0.25) is 0 Å². The fourth-order valence-electron chi connectivity index (χ4n) is 26.6. The van der Waals surface area contributed by atoms with Gasteiger partial charge in [0.1, 0.15) is 0 Å². The predicted octanol–water partition coefficient (Wildman–Crippen LogP) is 19.4. The van der Waals surface area contributed by atoms with Gasteiger partial charge in [-0.25, -0.2) is 0 Å². The highest BCUT2D eigenvalue weighted by Crippen LogP contribution is 2.88. The second kappa shape index (κ2) is 6.50. The van der Waals surface area contributed by atoms with Gasteiger partial charge in [-0.05, 0) is 330 Å². The maximum Gasteiger partial charge on any atom is 0.0587 e. The molecule has 1 fully saturated rings. The first-order valence-corrected chi connectivity index (χ1v) is 28.4. The lowest BCUT2D eigenvalue weighted by Crippen LogP contribution is -2.52. The molecule has 4 aliphatic carbocycles. The summed E-state index contributed by atoms with van der Waals surface area (Å²) in [5, 5.41) is 97.1. The topological polar surface area (TPSA) is 12.0 Å². The standard InChI is InChI=1S/C72H11NS/c1-2-5-9(6-3-1)69-71-65-57-49-39-29-21-13-11-12-15-19-17(13)25-33-27(19)37-31-23(15)24-16(12)20-18-14(11)22(21)30-36-26(18)34-28(20)38-32(24)42-41(31)51-45(37)55-47(33)53(43(49)35(25)29)59(65)63(55)67-61(51)62-52(42)46(38)56-48(34)54-44(36)50(40(30)39)58(57)66(71)60(54)64(56)68(62)72(67,71)70(73-69)10-7-4-8-74-10/h1-8,69-70,73H. The van der Waals surface area contributed by atoms with E-state index in [-0.39, 0.29) is 17.5 Å². The van der Waals surface area contributed by atoms with Crippen LogP contribution in [0.5, 0.6) is 0 Å². The van der Waals surface area contributed by atoms with Crippen molar-refractivity contribution in [2.75, 3.05) is 0 Å². The van der Waals surface area contributed by atoms with Gasteiger partial charge < -0.3 is 5.32 Å². The van der Waals surface area contributed by atoms with Gasteiger partial charge in [-0.2, -0.15) is 0 Å².